The van der Waals surface area contributed by atoms with Crippen molar-refractivity contribution in [2.45, 2.75) is 6.92 Å². The Kier molecular flexibility index (Phi) is 4.15. The van der Waals surface area contributed by atoms with Gasteiger partial charge in [0.25, 0.3) is 0 Å². The first kappa shape index (κ1) is 16.3. The van der Waals surface area contributed by atoms with Crippen molar-refractivity contribution in [2.24, 2.45) is 7.05 Å². The number of rotatable bonds is 5. The molecule has 0 aliphatic rings. The van der Waals surface area contributed by atoms with Crippen LogP contribution in [0.2, 0.25) is 0 Å². The lowest BCUT2D eigenvalue weighted by Crippen LogP contribution is -2.15. The molecular formula is C16H18N4O3S. The third-order valence-corrected chi connectivity index (χ3v) is 5.07. The van der Waals surface area contributed by atoms with Crippen LogP contribution < -0.4 is 9.46 Å². The second kappa shape index (κ2) is 6.12. The predicted molar refractivity (Wildman–Crippen MR) is 93.6 cm³/mol. The molecule has 0 aliphatic carbocycles. The van der Waals surface area contributed by atoms with Crippen LogP contribution in [0.5, 0.6) is 5.75 Å². The molecule has 3 rings (SSSR count). The molecular weight excluding hydrogens is 328 g/mol. The fourth-order valence-electron chi connectivity index (χ4n) is 2.39. The lowest BCUT2D eigenvalue weighted by atomic mass is 10.1. The molecule has 0 atom stereocenters. The maximum absolute atomic E-state index is 11.9. The summed E-state index contributed by atoms with van der Waals surface area (Å²) in [5, 5.41) is 4.18. The van der Waals surface area contributed by atoms with Gasteiger partial charge in [0.1, 0.15) is 11.3 Å². The summed E-state index contributed by atoms with van der Waals surface area (Å²) in [5.74, 6) is 0.452. The van der Waals surface area contributed by atoms with E-state index in [-0.39, 0.29) is 5.75 Å². The number of aromatic nitrogens is 3. The average Bonchev–Trinajstić information content (AvgIpc) is 2.95. The van der Waals surface area contributed by atoms with Crippen LogP contribution in [0.4, 0.5) is 5.69 Å². The highest BCUT2D eigenvalue weighted by atomic mass is 32.2. The third kappa shape index (κ3) is 3.05. The van der Waals surface area contributed by atoms with Gasteiger partial charge < -0.3 is 4.74 Å². The summed E-state index contributed by atoms with van der Waals surface area (Å²) < 4.78 is 33.3. The highest BCUT2D eigenvalue weighted by Crippen LogP contribution is 2.32. The molecule has 7 nitrogen and oxygen atoms in total. The van der Waals surface area contributed by atoms with Gasteiger partial charge in [0.2, 0.25) is 10.0 Å². The van der Waals surface area contributed by atoms with Crippen LogP contribution in [-0.2, 0) is 17.1 Å². The van der Waals surface area contributed by atoms with Gasteiger partial charge >= 0.3 is 0 Å². The van der Waals surface area contributed by atoms with Gasteiger partial charge in [0, 0.05) is 18.8 Å². The molecule has 0 saturated heterocycles. The zero-order chi connectivity index (χ0) is 17.3. The molecule has 0 amide bonds. The number of aryl methyl sites for hydroxylation is 1. The lowest BCUT2D eigenvalue weighted by molar-refractivity contribution is 0.417. The van der Waals surface area contributed by atoms with E-state index < -0.39 is 10.0 Å². The maximum Gasteiger partial charge on any atom is 0.232 e. The summed E-state index contributed by atoms with van der Waals surface area (Å²) in [6.07, 6.45) is 3.44. The lowest BCUT2D eigenvalue weighted by Gasteiger charge is -2.13. The first-order valence-corrected chi connectivity index (χ1v) is 9.05. The molecule has 1 aromatic carbocycles. The van der Waals surface area contributed by atoms with Crippen molar-refractivity contribution in [3.8, 4) is 16.9 Å². The zero-order valence-corrected chi connectivity index (χ0v) is 14.5. The fraction of sp³-hybridized carbons (Fsp3) is 0.250. The summed E-state index contributed by atoms with van der Waals surface area (Å²) in [6.45, 7) is 1.58. The molecule has 2 aromatic heterocycles. The largest absolute Gasteiger partial charge is 0.495 e. The Hall–Kier alpha value is -2.61. The highest BCUT2D eigenvalue weighted by Gasteiger charge is 2.13. The van der Waals surface area contributed by atoms with E-state index in [0.29, 0.717) is 11.4 Å². The summed E-state index contributed by atoms with van der Waals surface area (Å²) in [5.41, 5.74) is 3.81. The van der Waals surface area contributed by atoms with E-state index in [0.717, 1.165) is 22.2 Å². The molecule has 0 spiro atoms. The molecule has 0 saturated carbocycles. The molecule has 1 N–H and O–H groups in total. The number of pyridine rings is 1. The fourth-order valence-corrected chi connectivity index (χ4v) is 3.03. The van der Waals surface area contributed by atoms with Crippen LogP contribution in [0.1, 0.15) is 6.92 Å². The standard InChI is InChI=1S/C16H18N4O3S/c1-4-24(21,22)19-13-7-11(5-6-16(13)23-3)12-8-15-14(17-9-12)10-18-20(15)2/h5-10,19H,4H2,1-3H3. The van der Waals surface area contributed by atoms with Crippen LogP contribution in [0, 0.1) is 0 Å². The number of anilines is 1. The first-order chi connectivity index (χ1) is 11.4. The maximum atomic E-state index is 11.9. The van der Waals surface area contributed by atoms with Crippen LogP contribution in [-0.4, -0.2) is 36.0 Å². The minimum absolute atomic E-state index is 0.0110. The molecule has 0 fully saturated rings. The number of benzene rings is 1. The Morgan fingerprint density at radius 1 is 1.21 bits per heavy atom. The van der Waals surface area contributed by atoms with Gasteiger partial charge in [-0.1, -0.05) is 6.07 Å². The van der Waals surface area contributed by atoms with Gasteiger partial charge in [-0.15, -0.1) is 0 Å². The number of fused-ring (bicyclic) bond motifs is 1. The molecule has 2 heterocycles. The molecule has 0 aliphatic heterocycles. The number of sulfonamides is 1. The first-order valence-electron chi connectivity index (χ1n) is 7.40. The minimum Gasteiger partial charge on any atom is -0.495 e. The molecule has 0 unspecified atom stereocenters. The number of hydrogen-bond acceptors (Lipinski definition) is 5. The third-order valence-electron chi connectivity index (χ3n) is 3.78. The van der Waals surface area contributed by atoms with Crippen molar-refractivity contribution in [3.05, 3.63) is 36.7 Å². The van der Waals surface area contributed by atoms with Crippen molar-refractivity contribution in [1.29, 1.82) is 0 Å². The summed E-state index contributed by atoms with van der Waals surface area (Å²) >= 11 is 0. The van der Waals surface area contributed by atoms with E-state index in [4.69, 9.17) is 4.74 Å². The molecule has 3 aromatic rings. The number of methoxy groups -OCH3 is 1. The van der Waals surface area contributed by atoms with Gasteiger partial charge in [-0.3, -0.25) is 14.4 Å². The predicted octanol–water partition coefficient (Wildman–Crippen LogP) is 2.41. The Balaban J connectivity index is 2.08. The van der Waals surface area contributed by atoms with Gasteiger partial charge in [-0.25, -0.2) is 8.42 Å². The van der Waals surface area contributed by atoms with Crippen molar-refractivity contribution in [3.63, 3.8) is 0 Å². The summed E-state index contributed by atoms with van der Waals surface area (Å²) in [6, 6.07) is 7.30. The van der Waals surface area contributed by atoms with E-state index in [1.54, 1.807) is 36.1 Å². The highest BCUT2D eigenvalue weighted by molar-refractivity contribution is 7.92. The van der Waals surface area contributed by atoms with Crippen molar-refractivity contribution >= 4 is 26.7 Å². The second-order valence-corrected chi connectivity index (χ2v) is 7.33. The molecule has 0 radical (unpaired) electrons. The summed E-state index contributed by atoms with van der Waals surface area (Å²) in [4.78, 5) is 4.39. The van der Waals surface area contributed by atoms with Crippen LogP contribution in [0.3, 0.4) is 0 Å². The number of ether oxygens (including phenoxy) is 1. The van der Waals surface area contributed by atoms with Gasteiger partial charge in [0.15, 0.2) is 0 Å². The topological polar surface area (TPSA) is 86.1 Å². The van der Waals surface area contributed by atoms with Crippen molar-refractivity contribution in [2.75, 3.05) is 17.6 Å². The number of nitrogens with one attached hydrogen (secondary N) is 1. The smallest absolute Gasteiger partial charge is 0.232 e. The second-order valence-electron chi connectivity index (χ2n) is 5.32. The molecule has 126 valence electrons. The number of nitrogens with zero attached hydrogens (tertiary/aromatic N) is 3. The molecule has 0 bridgehead atoms. The zero-order valence-electron chi connectivity index (χ0n) is 13.6. The minimum atomic E-state index is -3.40. The van der Waals surface area contributed by atoms with Gasteiger partial charge in [-0.2, -0.15) is 5.10 Å². The Bertz CT molecular complexity index is 996. The summed E-state index contributed by atoms with van der Waals surface area (Å²) in [7, 11) is -0.0445. The Labute approximate surface area is 140 Å². The van der Waals surface area contributed by atoms with Gasteiger partial charge in [0.05, 0.1) is 30.3 Å². The van der Waals surface area contributed by atoms with Crippen LogP contribution >= 0.6 is 0 Å². The van der Waals surface area contributed by atoms with Gasteiger partial charge in [-0.05, 0) is 30.7 Å². The van der Waals surface area contributed by atoms with Crippen LogP contribution in [0.25, 0.3) is 22.2 Å². The van der Waals surface area contributed by atoms with Crippen LogP contribution in [0.15, 0.2) is 36.7 Å². The SMILES string of the molecule is CCS(=O)(=O)Nc1cc(-c2cnc3cnn(C)c3c2)ccc1OC. The van der Waals surface area contributed by atoms with Crippen molar-refractivity contribution < 1.29 is 13.2 Å². The van der Waals surface area contributed by atoms with E-state index in [1.165, 1.54) is 7.11 Å². The van der Waals surface area contributed by atoms with E-state index in [9.17, 15) is 8.42 Å². The van der Waals surface area contributed by atoms with E-state index in [2.05, 4.69) is 14.8 Å². The number of hydrogen-bond donors (Lipinski definition) is 1. The van der Waals surface area contributed by atoms with E-state index >= 15 is 0 Å². The molecule has 24 heavy (non-hydrogen) atoms. The molecule has 8 heteroatoms. The van der Waals surface area contributed by atoms with E-state index in [1.807, 2.05) is 19.2 Å². The quantitative estimate of drug-likeness (QED) is 0.767. The monoisotopic (exact) mass is 346 g/mol. The Morgan fingerprint density at radius 2 is 2.00 bits per heavy atom. The van der Waals surface area contributed by atoms with Crippen molar-refractivity contribution in [1.82, 2.24) is 14.8 Å². The average molecular weight is 346 g/mol. The Morgan fingerprint density at radius 3 is 2.71 bits per heavy atom. The normalized spacial score (nSPS) is 11.6.